The van der Waals surface area contributed by atoms with Crippen LogP contribution in [-0.4, -0.2) is 8.42 Å². The van der Waals surface area contributed by atoms with Gasteiger partial charge in [0, 0.05) is 10.5 Å². The standard InChI is InChI=1S/C14H14BrFN2O2S/c1-9(10-5-7-11(15)8-6-10)18-21(19,20)14-12(16)3-2-4-13(14)17/h2-9,18H,17H2,1H3/t9-/m0/s1. The van der Waals surface area contributed by atoms with Crippen LogP contribution in [0.15, 0.2) is 51.8 Å². The summed E-state index contributed by atoms with van der Waals surface area (Å²) in [5.41, 5.74) is 6.22. The summed E-state index contributed by atoms with van der Waals surface area (Å²) in [4.78, 5) is -0.519. The topological polar surface area (TPSA) is 72.2 Å². The number of benzene rings is 2. The van der Waals surface area contributed by atoms with E-state index >= 15 is 0 Å². The molecule has 0 unspecified atom stereocenters. The third kappa shape index (κ3) is 3.61. The third-order valence-corrected chi connectivity index (χ3v) is 5.13. The summed E-state index contributed by atoms with van der Waals surface area (Å²) in [6.45, 7) is 1.68. The molecule has 2 aromatic carbocycles. The van der Waals surface area contributed by atoms with Crippen LogP contribution in [0.4, 0.5) is 10.1 Å². The van der Waals surface area contributed by atoms with Gasteiger partial charge in [-0.1, -0.05) is 34.1 Å². The molecule has 0 spiro atoms. The van der Waals surface area contributed by atoms with E-state index in [1.807, 2.05) is 0 Å². The zero-order chi connectivity index (χ0) is 15.6. The summed E-state index contributed by atoms with van der Waals surface area (Å²) in [7, 11) is -4.04. The van der Waals surface area contributed by atoms with Gasteiger partial charge in [0.25, 0.3) is 0 Å². The van der Waals surface area contributed by atoms with E-state index in [-0.39, 0.29) is 5.69 Å². The summed E-state index contributed by atoms with van der Waals surface area (Å²) in [5.74, 6) is -0.870. The van der Waals surface area contributed by atoms with Gasteiger partial charge in [0.1, 0.15) is 10.7 Å². The van der Waals surface area contributed by atoms with Gasteiger partial charge in [-0.2, -0.15) is 0 Å². The maximum absolute atomic E-state index is 13.7. The predicted octanol–water partition coefficient (Wildman–Crippen LogP) is 3.21. The Bertz CT molecular complexity index is 728. The van der Waals surface area contributed by atoms with Crippen molar-refractivity contribution in [1.82, 2.24) is 4.72 Å². The Morgan fingerprint density at radius 3 is 2.38 bits per heavy atom. The molecule has 0 aromatic heterocycles. The fourth-order valence-corrected chi connectivity index (χ4v) is 3.61. The molecule has 0 saturated heterocycles. The Balaban J connectivity index is 2.31. The van der Waals surface area contributed by atoms with Gasteiger partial charge >= 0.3 is 0 Å². The molecular formula is C14H14BrFN2O2S. The van der Waals surface area contributed by atoms with Gasteiger partial charge in [-0.3, -0.25) is 0 Å². The first-order valence-electron chi connectivity index (χ1n) is 6.13. The molecular weight excluding hydrogens is 359 g/mol. The molecule has 0 fully saturated rings. The molecule has 3 N–H and O–H groups in total. The van der Waals surface area contributed by atoms with Gasteiger partial charge in [0.05, 0.1) is 5.69 Å². The van der Waals surface area contributed by atoms with Gasteiger partial charge in [-0.15, -0.1) is 0 Å². The molecule has 0 aliphatic rings. The molecule has 4 nitrogen and oxygen atoms in total. The van der Waals surface area contributed by atoms with Gasteiger partial charge < -0.3 is 5.73 Å². The number of hydrogen-bond acceptors (Lipinski definition) is 3. The molecule has 0 saturated carbocycles. The van der Waals surface area contributed by atoms with Crippen molar-refractivity contribution in [2.75, 3.05) is 5.73 Å². The second kappa shape index (κ2) is 6.13. The van der Waals surface area contributed by atoms with E-state index in [0.717, 1.165) is 16.1 Å². The van der Waals surface area contributed by atoms with Crippen LogP contribution in [0.5, 0.6) is 0 Å². The molecule has 21 heavy (non-hydrogen) atoms. The van der Waals surface area contributed by atoms with Crippen molar-refractivity contribution < 1.29 is 12.8 Å². The van der Waals surface area contributed by atoms with Crippen LogP contribution in [0.3, 0.4) is 0 Å². The zero-order valence-electron chi connectivity index (χ0n) is 11.2. The molecule has 0 aliphatic heterocycles. The number of sulfonamides is 1. The lowest BCUT2D eigenvalue weighted by atomic mass is 10.1. The minimum Gasteiger partial charge on any atom is -0.398 e. The molecule has 2 aromatic rings. The predicted molar refractivity (Wildman–Crippen MR) is 83.7 cm³/mol. The molecule has 0 aliphatic carbocycles. The number of nitrogen functional groups attached to an aromatic ring is 1. The molecule has 2 rings (SSSR count). The molecule has 7 heteroatoms. The molecule has 0 amide bonds. The van der Waals surface area contributed by atoms with Crippen molar-refractivity contribution in [2.24, 2.45) is 0 Å². The van der Waals surface area contributed by atoms with Crippen molar-refractivity contribution in [3.63, 3.8) is 0 Å². The minimum absolute atomic E-state index is 0.120. The Morgan fingerprint density at radius 2 is 1.81 bits per heavy atom. The smallest absolute Gasteiger partial charge is 0.246 e. The fourth-order valence-electron chi connectivity index (χ4n) is 1.92. The highest BCUT2D eigenvalue weighted by molar-refractivity contribution is 9.10. The van der Waals surface area contributed by atoms with Crippen LogP contribution < -0.4 is 10.5 Å². The van der Waals surface area contributed by atoms with Gasteiger partial charge in [0.2, 0.25) is 10.0 Å². The minimum atomic E-state index is -4.04. The monoisotopic (exact) mass is 372 g/mol. The average Bonchev–Trinajstić information content (AvgIpc) is 2.38. The average molecular weight is 373 g/mol. The third-order valence-electron chi connectivity index (χ3n) is 2.97. The van der Waals surface area contributed by atoms with Gasteiger partial charge in [0.15, 0.2) is 0 Å². The summed E-state index contributed by atoms with van der Waals surface area (Å²) >= 11 is 3.31. The van der Waals surface area contributed by atoms with Crippen molar-refractivity contribution >= 4 is 31.6 Å². The summed E-state index contributed by atoms with van der Waals surface area (Å²) in [6.07, 6.45) is 0. The van der Waals surface area contributed by atoms with Crippen molar-refractivity contribution in [3.05, 3.63) is 58.3 Å². The number of nitrogens with one attached hydrogen (secondary N) is 1. The van der Waals surface area contributed by atoms with E-state index in [4.69, 9.17) is 5.73 Å². The second-order valence-electron chi connectivity index (χ2n) is 4.55. The number of nitrogens with two attached hydrogens (primary N) is 1. The van der Waals surface area contributed by atoms with Crippen molar-refractivity contribution in [1.29, 1.82) is 0 Å². The SMILES string of the molecule is C[C@H](NS(=O)(=O)c1c(N)cccc1F)c1ccc(Br)cc1. The number of hydrogen-bond donors (Lipinski definition) is 2. The molecule has 112 valence electrons. The Kier molecular flexibility index (Phi) is 4.65. The maximum atomic E-state index is 13.7. The van der Waals surface area contributed by atoms with E-state index in [1.165, 1.54) is 12.1 Å². The van der Waals surface area contributed by atoms with E-state index < -0.39 is 26.8 Å². The lowest BCUT2D eigenvalue weighted by molar-refractivity contribution is 0.548. The second-order valence-corrected chi connectivity index (χ2v) is 7.12. The Morgan fingerprint density at radius 1 is 1.19 bits per heavy atom. The van der Waals surface area contributed by atoms with E-state index in [2.05, 4.69) is 20.7 Å². The van der Waals surface area contributed by atoms with Crippen LogP contribution in [0.1, 0.15) is 18.5 Å². The number of rotatable bonds is 4. The Hall–Kier alpha value is -1.44. The first kappa shape index (κ1) is 15.9. The summed E-state index contributed by atoms with van der Waals surface area (Å²) in [6, 6.07) is 10.4. The van der Waals surface area contributed by atoms with Crippen LogP contribution in [-0.2, 0) is 10.0 Å². The van der Waals surface area contributed by atoms with Gasteiger partial charge in [-0.05, 0) is 36.8 Å². The van der Waals surface area contributed by atoms with Crippen LogP contribution in [0.25, 0.3) is 0 Å². The highest BCUT2D eigenvalue weighted by atomic mass is 79.9. The zero-order valence-corrected chi connectivity index (χ0v) is 13.6. The molecule has 0 heterocycles. The highest BCUT2D eigenvalue weighted by Crippen LogP contribution is 2.24. The molecule has 0 radical (unpaired) electrons. The normalized spacial score (nSPS) is 13.1. The quantitative estimate of drug-likeness (QED) is 0.809. The van der Waals surface area contributed by atoms with Crippen LogP contribution in [0.2, 0.25) is 0 Å². The first-order chi connectivity index (χ1) is 9.81. The van der Waals surface area contributed by atoms with Gasteiger partial charge in [-0.25, -0.2) is 17.5 Å². The van der Waals surface area contributed by atoms with Crippen molar-refractivity contribution in [2.45, 2.75) is 17.9 Å². The largest absolute Gasteiger partial charge is 0.398 e. The number of halogens is 2. The summed E-state index contributed by atoms with van der Waals surface area (Å²) in [5, 5.41) is 0. The van der Waals surface area contributed by atoms with Crippen LogP contribution in [0, 0.1) is 5.82 Å². The van der Waals surface area contributed by atoms with E-state index in [9.17, 15) is 12.8 Å². The van der Waals surface area contributed by atoms with E-state index in [1.54, 1.807) is 31.2 Å². The molecule has 0 bridgehead atoms. The van der Waals surface area contributed by atoms with Crippen LogP contribution >= 0.6 is 15.9 Å². The maximum Gasteiger partial charge on any atom is 0.246 e. The first-order valence-corrected chi connectivity index (χ1v) is 8.40. The lowest BCUT2D eigenvalue weighted by Crippen LogP contribution is -2.28. The Labute approximate surface area is 131 Å². The lowest BCUT2D eigenvalue weighted by Gasteiger charge is -2.16. The summed E-state index contributed by atoms with van der Waals surface area (Å²) < 4.78 is 41.6. The van der Waals surface area contributed by atoms with E-state index in [0.29, 0.717) is 0 Å². The molecule has 1 atom stereocenters. The van der Waals surface area contributed by atoms with Crippen molar-refractivity contribution in [3.8, 4) is 0 Å². The highest BCUT2D eigenvalue weighted by Gasteiger charge is 2.24. The fraction of sp³-hybridized carbons (Fsp3) is 0.143. The number of anilines is 1.